The van der Waals surface area contributed by atoms with E-state index in [1.54, 1.807) is 6.92 Å². The first-order chi connectivity index (χ1) is 8.02. The standard InChI is InChI=1S/C12H14O5/c1-2-17-12(16)9-5-8(3-4-11(14)15)6-10(13)7-9/h5-7,13H,2-4H2,1H3,(H,14,15). The van der Waals surface area contributed by atoms with Crippen molar-refractivity contribution in [1.29, 1.82) is 0 Å². The summed E-state index contributed by atoms with van der Waals surface area (Å²) in [5.41, 5.74) is 0.822. The molecule has 0 fully saturated rings. The summed E-state index contributed by atoms with van der Waals surface area (Å²) < 4.78 is 4.80. The minimum atomic E-state index is -0.925. The quantitative estimate of drug-likeness (QED) is 0.761. The molecule has 0 spiro atoms. The van der Waals surface area contributed by atoms with E-state index in [-0.39, 0.29) is 30.8 Å². The highest BCUT2D eigenvalue weighted by Gasteiger charge is 2.10. The van der Waals surface area contributed by atoms with Crippen LogP contribution >= 0.6 is 0 Å². The first-order valence-corrected chi connectivity index (χ1v) is 5.24. The molecule has 0 heterocycles. The summed E-state index contributed by atoms with van der Waals surface area (Å²) in [6, 6.07) is 4.26. The lowest BCUT2D eigenvalue weighted by Gasteiger charge is -2.05. The second-order valence-corrected chi connectivity index (χ2v) is 3.50. The van der Waals surface area contributed by atoms with Crippen molar-refractivity contribution >= 4 is 11.9 Å². The number of carbonyl (C=O) groups excluding carboxylic acids is 1. The van der Waals surface area contributed by atoms with Crippen molar-refractivity contribution in [3.05, 3.63) is 29.3 Å². The Labute approximate surface area is 98.6 Å². The van der Waals surface area contributed by atoms with Gasteiger partial charge in [-0.1, -0.05) is 0 Å². The highest BCUT2D eigenvalue weighted by molar-refractivity contribution is 5.90. The van der Waals surface area contributed by atoms with Gasteiger partial charge in [0.15, 0.2) is 0 Å². The van der Waals surface area contributed by atoms with Crippen LogP contribution in [0.5, 0.6) is 5.75 Å². The number of phenolic OH excluding ortho intramolecular Hbond substituents is 1. The Balaban J connectivity index is 2.86. The number of carbonyl (C=O) groups is 2. The second-order valence-electron chi connectivity index (χ2n) is 3.50. The average molecular weight is 238 g/mol. The van der Waals surface area contributed by atoms with Crippen LogP contribution in [-0.2, 0) is 16.0 Å². The van der Waals surface area contributed by atoms with Crippen molar-refractivity contribution in [3.63, 3.8) is 0 Å². The van der Waals surface area contributed by atoms with E-state index in [1.165, 1.54) is 18.2 Å². The van der Waals surface area contributed by atoms with E-state index in [0.717, 1.165) is 0 Å². The molecule has 1 aromatic rings. The fourth-order valence-corrected chi connectivity index (χ4v) is 1.40. The molecule has 1 aromatic carbocycles. The van der Waals surface area contributed by atoms with E-state index in [2.05, 4.69) is 0 Å². The Morgan fingerprint density at radius 1 is 1.29 bits per heavy atom. The first kappa shape index (κ1) is 13.0. The van der Waals surface area contributed by atoms with Crippen LogP contribution < -0.4 is 0 Å². The SMILES string of the molecule is CCOC(=O)c1cc(O)cc(CCC(=O)O)c1. The maximum absolute atomic E-state index is 11.4. The summed E-state index contributed by atoms with van der Waals surface area (Å²) in [5.74, 6) is -1.53. The van der Waals surface area contributed by atoms with Crippen molar-refractivity contribution in [1.82, 2.24) is 0 Å². The Morgan fingerprint density at radius 3 is 2.59 bits per heavy atom. The lowest BCUT2D eigenvalue weighted by atomic mass is 10.1. The van der Waals surface area contributed by atoms with Crippen LogP contribution in [-0.4, -0.2) is 28.8 Å². The zero-order valence-electron chi connectivity index (χ0n) is 9.47. The van der Waals surface area contributed by atoms with Crippen LogP contribution in [0.15, 0.2) is 18.2 Å². The zero-order valence-corrected chi connectivity index (χ0v) is 9.47. The van der Waals surface area contributed by atoms with Gasteiger partial charge in [0.25, 0.3) is 0 Å². The molecule has 17 heavy (non-hydrogen) atoms. The van der Waals surface area contributed by atoms with Crippen LogP contribution in [0.25, 0.3) is 0 Å². The average Bonchev–Trinajstić information content (AvgIpc) is 2.26. The summed E-state index contributed by atoms with van der Waals surface area (Å²) in [5, 5.41) is 18.0. The number of rotatable bonds is 5. The number of hydrogen-bond acceptors (Lipinski definition) is 4. The summed E-state index contributed by atoms with van der Waals surface area (Å²) >= 11 is 0. The minimum absolute atomic E-state index is 0.0499. The normalized spacial score (nSPS) is 9.94. The molecule has 0 aliphatic rings. The number of hydrogen-bond donors (Lipinski definition) is 2. The van der Waals surface area contributed by atoms with Gasteiger partial charge in [0, 0.05) is 6.42 Å². The van der Waals surface area contributed by atoms with Crippen molar-refractivity contribution in [2.24, 2.45) is 0 Å². The van der Waals surface area contributed by atoms with Gasteiger partial charge in [-0.15, -0.1) is 0 Å². The van der Waals surface area contributed by atoms with Crippen LogP contribution in [0.4, 0.5) is 0 Å². The van der Waals surface area contributed by atoms with E-state index in [9.17, 15) is 14.7 Å². The van der Waals surface area contributed by atoms with Gasteiger partial charge in [-0.25, -0.2) is 4.79 Å². The van der Waals surface area contributed by atoms with Crippen LogP contribution in [0.3, 0.4) is 0 Å². The molecule has 0 radical (unpaired) electrons. The molecule has 2 N–H and O–H groups in total. The van der Waals surface area contributed by atoms with Crippen molar-refractivity contribution in [2.75, 3.05) is 6.61 Å². The van der Waals surface area contributed by atoms with E-state index in [4.69, 9.17) is 9.84 Å². The maximum atomic E-state index is 11.4. The molecule has 0 aromatic heterocycles. The predicted octanol–water partition coefficient (Wildman–Crippen LogP) is 1.59. The number of phenols is 1. The number of esters is 1. The highest BCUT2D eigenvalue weighted by Crippen LogP contribution is 2.18. The highest BCUT2D eigenvalue weighted by atomic mass is 16.5. The van der Waals surface area contributed by atoms with Gasteiger partial charge in [-0.05, 0) is 37.1 Å². The Morgan fingerprint density at radius 2 is 2.00 bits per heavy atom. The zero-order chi connectivity index (χ0) is 12.8. The molecule has 0 unspecified atom stereocenters. The third-order valence-electron chi connectivity index (χ3n) is 2.12. The van der Waals surface area contributed by atoms with Gasteiger partial charge in [-0.3, -0.25) is 4.79 Å². The fourth-order valence-electron chi connectivity index (χ4n) is 1.40. The number of aryl methyl sites for hydroxylation is 1. The van der Waals surface area contributed by atoms with Gasteiger partial charge >= 0.3 is 11.9 Å². The van der Waals surface area contributed by atoms with Gasteiger partial charge < -0.3 is 14.9 Å². The largest absolute Gasteiger partial charge is 0.508 e. The molecule has 5 heteroatoms. The van der Waals surface area contributed by atoms with E-state index >= 15 is 0 Å². The van der Waals surface area contributed by atoms with Gasteiger partial charge in [0.2, 0.25) is 0 Å². The molecule has 1 rings (SSSR count). The molecule has 5 nitrogen and oxygen atoms in total. The molecule has 0 saturated heterocycles. The van der Waals surface area contributed by atoms with E-state index in [1.807, 2.05) is 0 Å². The number of carboxylic acids is 1. The number of aliphatic carboxylic acids is 1. The van der Waals surface area contributed by atoms with Crippen LogP contribution in [0.1, 0.15) is 29.3 Å². The monoisotopic (exact) mass is 238 g/mol. The van der Waals surface area contributed by atoms with Crippen molar-refractivity contribution in [3.8, 4) is 5.75 Å². The molecule has 0 aliphatic heterocycles. The van der Waals surface area contributed by atoms with Gasteiger partial charge in [0.05, 0.1) is 12.2 Å². The summed E-state index contributed by atoms with van der Waals surface area (Å²) in [4.78, 5) is 21.9. The molecule has 0 saturated carbocycles. The Hall–Kier alpha value is -2.04. The van der Waals surface area contributed by atoms with E-state index in [0.29, 0.717) is 5.56 Å². The van der Waals surface area contributed by atoms with E-state index < -0.39 is 11.9 Å². The second kappa shape index (κ2) is 5.89. The smallest absolute Gasteiger partial charge is 0.338 e. The topological polar surface area (TPSA) is 83.8 Å². The molecule has 0 atom stereocenters. The van der Waals surface area contributed by atoms with Crippen LogP contribution in [0, 0.1) is 0 Å². The Bertz CT molecular complexity index is 425. The maximum Gasteiger partial charge on any atom is 0.338 e. The van der Waals surface area contributed by atoms with Crippen molar-refractivity contribution in [2.45, 2.75) is 19.8 Å². The lowest BCUT2D eigenvalue weighted by molar-refractivity contribution is -0.136. The molecule has 92 valence electrons. The lowest BCUT2D eigenvalue weighted by Crippen LogP contribution is -2.05. The first-order valence-electron chi connectivity index (χ1n) is 5.24. The molecule has 0 aliphatic carbocycles. The fraction of sp³-hybridized carbons (Fsp3) is 0.333. The van der Waals surface area contributed by atoms with Gasteiger partial charge in [0.1, 0.15) is 5.75 Å². The number of carboxylic acid groups (broad SMARTS) is 1. The third-order valence-corrected chi connectivity index (χ3v) is 2.12. The summed E-state index contributed by atoms with van der Waals surface area (Å²) in [6.45, 7) is 1.94. The van der Waals surface area contributed by atoms with Gasteiger partial charge in [-0.2, -0.15) is 0 Å². The number of aromatic hydroxyl groups is 1. The summed E-state index contributed by atoms with van der Waals surface area (Å²) in [7, 11) is 0. The predicted molar refractivity (Wildman–Crippen MR) is 60.0 cm³/mol. The Kier molecular flexibility index (Phi) is 4.51. The van der Waals surface area contributed by atoms with Crippen LogP contribution in [0.2, 0.25) is 0 Å². The molecular weight excluding hydrogens is 224 g/mol. The molecule has 0 amide bonds. The molecule has 0 bridgehead atoms. The third kappa shape index (κ3) is 4.14. The number of benzene rings is 1. The minimum Gasteiger partial charge on any atom is -0.508 e. The summed E-state index contributed by atoms with van der Waals surface area (Å²) in [6.07, 6.45) is 0.210. The number of ether oxygens (including phenoxy) is 1. The molecular formula is C12H14O5. The van der Waals surface area contributed by atoms with Crippen molar-refractivity contribution < 1.29 is 24.5 Å².